The molecule has 2 rings (SSSR count). The van der Waals surface area contributed by atoms with Gasteiger partial charge in [0.2, 0.25) is 0 Å². The van der Waals surface area contributed by atoms with Crippen molar-refractivity contribution < 1.29 is 18.3 Å². The zero-order chi connectivity index (χ0) is 14.3. The van der Waals surface area contributed by atoms with Gasteiger partial charge in [0, 0.05) is 11.2 Å². The van der Waals surface area contributed by atoms with Gasteiger partial charge in [-0.15, -0.1) is 0 Å². The number of carboxylic acid groups (broad SMARTS) is 1. The highest BCUT2D eigenvalue weighted by Crippen LogP contribution is 2.29. The van der Waals surface area contributed by atoms with Crippen molar-refractivity contribution in [1.29, 1.82) is 0 Å². The van der Waals surface area contributed by atoms with Gasteiger partial charge in [0.1, 0.15) is 0 Å². The van der Waals surface area contributed by atoms with Gasteiger partial charge < -0.3 is 10.4 Å². The Labute approximate surface area is 112 Å². The van der Waals surface area contributed by atoms with Crippen LogP contribution in [0.25, 0.3) is 0 Å². The Kier molecular flexibility index (Phi) is 3.30. The van der Waals surface area contributed by atoms with E-state index >= 15 is 0 Å². The van der Waals surface area contributed by atoms with Crippen LogP contribution in [-0.4, -0.2) is 36.5 Å². The quantitative estimate of drug-likeness (QED) is 0.882. The molecule has 1 unspecified atom stereocenters. The Hall–Kier alpha value is -1.56. The minimum Gasteiger partial charge on any atom is -0.478 e. The van der Waals surface area contributed by atoms with Gasteiger partial charge in [-0.1, -0.05) is 6.07 Å². The van der Waals surface area contributed by atoms with Crippen LogP contribution in [0.15, 0.2) is 18.2 Å². The number of aromatic carboxylic acids is 1. The zero-order valence-corrected chi connectivity index (χ0v) is 11.8. The summed E-state index contributed by atoms with van der Waals surface area (Å²) in [6.07, 6.45) is 0.488. The lowest BCUT2D eigenvalue weighted by Gasteiger charge is -2.26. The van der Waals surface area contributed by atoms with E-state index in [-0.39, 0.29) is 17.1 Å². The number of anilines is 1. The fourth-order valence-electron chi connectivity index (χ4n) is 2.38. The molecular weight excluding hydrogens is 266 g/mol. The first-order valence-corrected chi connectivity index (χ1v) is 7.85. The Balaban J connectivity index is 2.33. The predicted molar refractivity (Wildman–Crippen MR) is 73.4 cm³/mol. The molecule has 1 aromatic rings. The van der Waals surface area contributed by atoms with E-state index in [0.29, 0.717) is 12.1 Å². The first kappa shape index (κ1) is 13.9. The first-order valence-electron chi connectivity index (χ1n) is 6.03. The van der Waals surface area contributed by atoms with Gasteiger partial charge in [0.05, 0.1) is 17.1 Å². The van der Waals surface area contributed by atoms with Crippen LogP contribution < -0.4 is 5.32 Å². The molecule has 1 atom stereocenters. The number of sulfone groups is 1. The molecule has 1 saturated heterocycles. The molecule has 2 N–H and O–H groups in total. The molecule has 5 nitrogen and oxygen atoms in total. The van der Waals surface area contributed by atoms with Crippen LogP contribution in [0.1, 0.15) is 29.3 Å². The van der Waals surface area contributed by atoms with Gasteiger partial charge >= 0.3 is 5.97 Å². The fraction of sp³-hybridized carbons (Fsp3) is 0.462. The Bertz CT molecular complexity index is 624. The summed E-state index contributed by atoms with van der Waals surface area (Å²) in [5, 5.41) is 12.3. The highest BCUT2D eigenvalue weighted by molar-refractivity contribution is 7.91. The highest BCUT2D eigenvalue weighted by atomic mass is 32.2. The van der Waals surface area contributed by atoms with Crippen LogP contribution in [0.3, 0.4) is 0 Å². The average Bonchev–Trinajstić information content (AvgIpc) is 2.52. The van der Waals surface area contributed by atoms with E-state index in [0.717, 1.165) is 5.56 Å². The summed E-state index contributed by atoms with van der Waals surface area (Å²) in [7, 11) is -3.03. The predicted octanol–water partition coefficient (Wildman–Crippen LogP) is 1.68. The Morgan fingerprint density at radius 2 is 2.11 bits per heavy atom. The molecule has 1 heterocycles. The number of aryl methyl sites for hydroxylation is 1. The summed E-state index contributed by atoms with van der Waals surface area (Å²) in [6.45, 7) is 3.68. The first-order chi connectivity index (χ1) is 8.71. The summed E-state index contributed by atoms with van der Waals surface area (Å²) in [6, 6.07) is 4.99. The van der Waals surface area contributed by atoms with E-state index in [1.165, 1.54) is 6.07 Å². The summed E-state index contributed by atoms with van der Waals surface area (Å²) >= 11 is 0. The van der Waals surface area contributed by atoms with E-state index in [1.54, 1.807) is 12.1 Å². The standard InChI is InChI=1S/C13H17NO4S/c1-9-3-4-10(12(15)16)11(7-9)14-13(2)5-6-19(17,18)8-13/h3-4,7,14H,5-6,8H2,1-2H3,(H,15,16). The number of rotatable bonds is 3. The van der Waals surface area contributed by atoms with Crippen LogP contribution in [0.2, 0.25) is 0 Å². The highest BCUT2D eigenvalue weighted by Gasteiger charge is 2.38. The van der Waals surface area contributed by atoms with Crippen LogP contribution in [0.4, 0.5) is 5.69 Å². The van der Waals surface area contributed by atoms with Crippen LogP contribution in [-0.2, 0) is 9.84 Å². The normalized spacial score (nSPS) is 25.2. The van der Waals surface area contributed by atoms with Crippen molar-refractivity contribution in [1.82, 2.24) is 0 Å². The molecule has 0 bridgehead atoms. The average molecular weight is 283 g/mol. The third kappa shape index (κ3) is 3.07. The molecule has 0 saturated carbocycles. The lowest BCUT2D eigenvalue weighted by Crippen LogP contribution is -2.36. The zero-order valence-electron chi connectivity index (χ0n) is 10.9. The molecule has 0 radical (unpaired) electrons. The lowest BCUT2D eigenvalue weighted by atomic mass is 10.00. The van der Waals surface area contributed by atoms with Gasteiger partial charge in [0.25, 0.3) is 0 Å². The maximum Gasteiger partial charge on any atom is 0.337 e. The smallest absolute Gasteiger partial charge is 0.337 e. The summed E-state index contributed by atoms with van der Waals surface area (Å²) < 4.78 is 23.1. The molecule has 1 aliphatic heterocycles. The second kappa shape index (κ2) is 4.52. The molecular formula is C13H17NO4S. The van der Waals surface area contributed by atoms with Crippen molar-refractivity contribution in [2.45, 2.75) is 25.8 Å². The Morgan fingerprint density at radius 3 is 2.63 bits per heavy atom. The second-order valence-corrected chi connectivity index (χ2v) is 7.57. The van der Waals surface area contributed by atoms with E-state index in [1.807, 2.05) is 13.8 Å². The van der Waals surface area contributed by atoms with Crippen LogP contribution >= 0.6 is 0 Å². The van der Waals surface area contributed by atoms with Crippen molar-refractivity contribution >= 4 is 21.5 Å². The molecule has 0 aliphatic carbocycles. The van der Waals surface area contributed by atoms with Gasteiger partial charge in [-0.3, -0.25) is 0 Å². The topological polar surface area (TPSA) is 83.5 Å². The number of hydrogen-bond acceptors (Lipinski definition) is 4. The van der Waals surface area contributed by atoms with Gasteiger partial charge in [-0.2, -0.15) is 0 Å². The number of benzene rings is 1. The van der Waals surface area contributed by atoms with Crippen molar-refractivity contribution in [2.24, 2.45) is 0 Å². The Morgan fingerprint density at radius 1 is 1.42 bits per heavy atom. The number of nitrogens with one attached hydrogen (secondary N) is 1. The second-order valence-electron chi connectivity index (χ2n) is 5.38. The molecule has 19 heavy (non-hydrogen) atoms. The number of carboxylic acids is 1. The van der Waals surface area contributed by atoms with E-state index in [2.05, 4.69) is 5.32 Å². The summed E-state index contributed by atoms with van der Waals surface area (Å²) in [5.41, 5.74) is 0.969. The van der Waals surface area contributed by atoms with Crippen molar-refractivity contribution in [3.63, 3.8) is 0 Å². The van der Waals surface area contributed by atoms with E-state index in [9.17, 15) is 13.2 Å². The van der Waals surface area contributed by atoms with E-state index < -0.39 is 21.3 Å². The maximum atomic E-state index is 11.6. The molecule has 1 fully saturated rings. The summed E-state index contributed by atoms with van der Waals surface area (Å²) in [4.78, 5) is 11.2. The molecule has 0 aromatic heterocycles. The van der Waals surface area contributed by atoms with Crippen molar-refractivity contribution in [3.05, 3.63) is 29.3 Å². The third-order valence-corrected chi connectivity index (χ3v) is 5.25. The molecule has 6 heteroatoms. The van der Waals surface area contributed by atoms with Gasteiger partial charge in [-0.25, -0.2) is 13.2 Å². The van der Waals surface area contributed by atoms with Crippen LogP contribution in [0, 0.1) is 6.92 Å². The van der Waals surface area contributed by atoms with Crippen molar-refractivity contribution in [3.8, 4) is 0 Å². The molecule has 1 aromatic carbocycles. The molecule has 1 aliphatic rings. The van der Waals surface area contributed by atoms with Crippen LogP contribution in [0.5, 0.6) is 0 Å². The maximum absolute atomic E-state index is 11.6. The summed E-state index contributed by atoms with van der Waals surface area (Å²) in [5.74, 6) is -0.843. The minimum absolute atomic E-state index is 0.0347. The number of carbonyl (C=O) groups is 1. The molecule has 0 amide bonds. The van der Waals surface area contributed by atoms with E-state index in [4.69, 9.17) is 5.11 Å². The molecule has 104 valence electrons. The minimum atomic E-state index is -3.03. The fourth-order valence-corrected chi connectivity index (χ4v) is 4.48. The third-order valence-electron chi connectivity index (χ3n) is 3.35. The van der Waals surface area contributed by atoms with Gasteiger partial charge in [0.15, 0.2) is 9.84 Å². The number of hydrogen-bond donors (Lipinski definition) is 2. The largest absolute Gasteiger partial charge is 0.478 e. The SMILES string of the molecule is Cc1ccc(C(=O)O)c(NC2(C)CCS(=O)(=O)C2)c1. The van der Waals surface area contributed by atoms with Gasteiger partial charge in [-0.05, 0) is 38.0 Å². The monoisotopic (exact) mass is 283 g/mol. The molecule has 0 spiro atoms. The van der Waals surface area contributed by atoms with Crippen molar-refractivity contribution in [2.75, 3.05) is 16.8 Å². The lowest BCUT2D eigenvalue weighted by molar-refractivity contribution is 0.0698.